The van der Waals surface area contributed by atoms with Crippen LogP contribution < -0.4 is 4.74 Å². The van der Waals surface area contributed by atoms with E-state index in [1.807, 2.05) is 0 Å². The van der Waals surface area contributed by atoms with Gasteiger partial charge in [-0.2, -0.15) is 18.2 Å². The normalized spacial score (nSPS) is 12.2. The number of aromatic nitrogens is 5. The second kappa shape index (κ2) is 7.41. The van der Waals surface area contributed by atoms with Gasteiger partial charge in [-0.3, -0.25) is 0 Å². The number of nitrogens with zero attached hydrogens (tertiary/aromatic N) is 5. The van der Waals surface area contributed by atoms with E-state index in [2.05, 4.69) is 29.5 Å². The summed E-state index contributed by atoms with van der Waals surface area (Å²) >= 11 is 0. The Morgan fingerprint density at radius 1 is 0.806 bits per heavy atom. The molecule has 4 rings (SSSR count). The van der Waals surface area contributed by atoms with Crippen molar-refractivity contribution in [3.63, 3.8) is 0 Å². The van der Waals surface area contributed by atoms with Gasteiger partial charge in [0, 0.05) is 11.1 Å². The van der Waals surface area contributed by atoms with Crippen LogP contribution in [0, 0.1) is 0 Å². The average Bonchev–Trinajstić information content (AvgIpc) is 3.37. The Morgan fingerprint density at radius 3 is 1.97 bits per heavy atom. The van der Waals surface area contributed by atoms with E-state index in [0.29, 0.717) is 16.8 Å². The van der Waals surface area contributed by atoms with E-state index >= 15 is 0 Å². The van der Waals surface area contributed by atoms with E-state index < -0.39 is 18.4 Å². The van der Waals surface area contributed by atoms with Crippen molar-refractivity contribution in [1.82, 2.24) is 24.9 Å². The van der Waals surface area contributed by atoms with Crippen molar-refractivity contribution in [2.75, 3.05) is 0 Å². The van der Waals surface area contributed by atoms with Gasteiger partial charge in [-0.1, -0.05) is 29.4 Å². The van der Waals surface area contributed by atoms with Crippen LogP contribution in [0.1, 0.15) is 5.89 Å². The molecular formula is C18H9F6N5O2. The Labute approximate surface area is 168 Å². The molecule has 0 amide bonds. The number of rotatable bonds is 4. The summed E-state index contributed by atoms with van der Waals surface area (Å²) in [5, 5.41) is 7.54. The maximum atomic E-state index is 12.6. The van der Waals surface area contributed by atoms with Gasteiger partial charge in [-0.05, 0) is 24.3 Å². The van der Waals surface area contributed by atoms with Crippen molar-refractivity contribution in [2.24, 2.45) is 0 Å². The van der Waals surface area contributed by atoms with Crippen LogP contribution in [0.4, 0.5) is 26.3 Å². The molecule has 0 N–H and O–H groups in total. The minimum atomic E-state index is -4.79. The number of hydrogen-bond donors (Lipinski definition) is 0. The smallest absolute Gasteiger partial charge is 0.406 e. The molecule has 0 aliphatic carbocycles. The van der Waals surface area contributed by atoms with Crippen molar-refractivity contribution in [1.29, 1.82) is 0 Å². The third kappa shape index (κ3) is 4.65. The molecule has 160 valence electrons. The molecule has 2 heterocycles. The van der Waals surface area contributed by atoms with Gasteiger partial charge in [0.05, 0.1) is 5.69 Å². The van der Waals surface area contributed by atoms with E-state index in [1.54, 1.807) is 12.1 Å². The standard InChI is InChI=1S/C18H9F6N5O2/c19-17(20,21)16-26-15(28-31-16)11-3-1-10(2-4-11)14-25-9-29(27-14)12-5-7-13(8-6-12)30-18(22,23)24/h1-9H. The lowest BCUT2D eigenvalue weighted by Crippen LogP contribution is -2.17. The molecule has 0 atom stereocenters. The van der Waals surface area contributed by atoms with Gasteiger partial charge in [-0.25, -0.2) is 9.67 Å². The highest BCUT2D eigenvalue weighted by Gasteiger charge is 2.38. The summed E-state index contributed by atoms with van der Waals surface area (Å²) in [6.45, 7) is 0. The Morgan fingerprint density at radius 2 is 1.42 bits per heavy atom. The van der Waals surface area contributed by atoms with E-state index in [4.69, 9.17) is 0 Å². The Hall–Kier alpha value is -3.90. The summed E-state index contributed by atoms with van der Waals surface area (Å²) in [7, 11) is 0. The van der Waals surface area contributed by atoms with Crippen LogP contribution in [-0.4, -0.2) is 31.3 Å². The molecule has 2 aromatic carbocycles. The molecule has 4 aromatic rings. The van der Waals surface area contributed by atoms with Gasteiger partial charge in [0.1, 0.15) is 12.1 Å². The fraction of sp³-hybridized carbons (Fsp3) is 0.111. The van der Waals surface area contributed by atoms with Crippen molar-refractivity contribution >= 4 is 0 Å². The Kier molecular flexibility index (Phi) is 4.87. The summed E-state index contributed by atoms with van der Waals surface area (Å²) < 4.78 is 83.8. The van der Waals surface area contributed by atoms with E-state index in [0.717, 1.165) is 12.1 Å². The zero-order valence-corrected chi connectivity index (χ0v) is 15.0. The average molecular weight is 441 g/mol. The minimum Gasteiger partial charge on any atom is -0.406 e. The minimum absolute atomic E-state index is 0.224. The molecule has 0 fully saturated rings. The highest BCUT2D eigenvalue weighted by molar-refractivity contribution is 5.62. The SMILES string of the molecule is FC(F)(F)Oc1ccc(-n2cnc(-c3ccc(-c4noc(C(F)(F)F)n4)cc3)n2)cc1. The number of hydrogen-bond acceptors (Lipinski definition) is 6. The maximum absolute atomic E-state index is 12.6. The molecule has 0 radical (unpaired) electrons. The first-order chi connectivity index (χ1) is 14.6. The van der Waals surface area contributed by atoms with E-state index in [1.165, 1.54) is 35.3 Å². The zero-order valence-electron chi connectivity index (χ0n) is 15.0. The van der Waals surface area contributed by atoms with Crippen molar-refractivity contribution < 1.29 is 35.6 Å². The van der Waals surface area contributed by atoms with Gasteiger partial charge >= 0.3 is 18.4 Å². The highest BCUT2D eigenvalue weighted by atomic mass is 19.4. The topological polar surface area (TPSA) is 78.9 Å². The maximum Gasteiger partial charge on any atom is 0.573 e. The third-order valence-electron chi connectivity index (χ3n) is 3.90. The third-order valence-corrected chi connectivity index (χ3v) is 3.90. The molecule has 0 saturated heterocycles. The second-order valence-corrected chi connectivity index (χ2v) is 6.05. The lowest BCUT2D eigenvalue weighted by atomic mass is 10.1. The lowest BCUT2D eigenvalue weighted by Gasteiger charge is -2.09. The number of alkyl halides is 6. The molecule has 2 aromatic heterocycles. The molecule has 13 heteroatoms. The van der Waals surface area contributed by atoms with E-state index in [9.17, 15) is 26.3 Å². The molecule has 0 bridgehead atoms. The summed E-state index contributed by atoms with van der Waals surface area (Å²) in [5.41, 5.74) is 1.28. The Balaban J connectivity index is 1.51. The van der Waals surface area contributed by atoms with Crippen LogP contribution in [-0.2, 0) is 6.18 Å². The van der Waals surface area contributed by atoms with Crippen LogP contribution in [0.2, 0.25) is 0 Å². The first kappa shape index (κ1) is 20.4. The van der Waals surface area contributed by atoms with Gasteiger partial charge in [0.15, 0.2) is 5.82 Å². The predicted molar refractivity (Wildman–Crippen MR) is 91.8 cm³/mol. The van der Waals surface area contributed by atoms with Crippen LogP contribution in [0.15, 0.2) is 59.4 Å². The van der Waals surface area contributed by atoms with Crippen molar-refractivity contribution in [2.45, 2.75) is 12.5 Å². The van der Waals surface area contributed by atoms with Gasteiger partial charge in [0.25, 0.3) is 0 Å². The van der Waals surface area contributed by atoms with Crippen LogP contribution >= 0.6 is 0 Å². The van der Waals surface area contributed by atoms with E-state index in [-0.39, 0.29) is 17.4 Å². The molecular weight excluding hydrogens is 432 g/mol. The van der Waals surface area contributed by atoms with Crippen LogP contribution in [0.3, 0.4) is 0 Å². The molecule has 0 aliphatic rings. The van der Waals surface area contributed by atoms with Gasteiger partial charge < -0.3 is 9.26 Å². The highest BCUT2D eigenvalue weighted by Crippen LogP contribution is 2.30. The summed E-state index contributed by atoms with van der Waals surface area (Å²) in [6, 6.07) is 11.1. The first-order valence-electron chi connectivity index (χ1n) is 8.38. The largest absolute Gasteiger partial charge is 0.573 e. The Bertz CT molecular complexity index is 1180. The summed E-state index contributed by atoms with van der Waals surface area (Å²) in [5.74, 6) is -1.76. The molecule has 31 heavy (non-hydrogen) atoms. The molecule has 0 aliphatic heterocycles. The monoisotopic (exact) mass is 441 g/mol. The quantitative estimate of drug-likeness (QED) is 0.419. The number of benzene rings is 2. The fourth-order valence-corrected chi connectivity index (χ4v) is 2.54. The number of halogens is 6. The van der Waals surface area contributed by atoms with Crippen molar-refractivity contribution in [3.8, 4) is 34.2 Å². The first-order valence-corrected chi connectivity index (χ1v) is 8.38. The fourth-order valence-electron chi connectivity index (χ4n) is 2.54. The van der Waals surface area contributed by atoms with Gasteiger partial charge in [-0.15, -0.1) is 18.3 Å². The van der Waals surface area contributed by atoms with Crippen LogP contribution in [0.25, 0.3) is 28.5 Å². The zero-order chi connectivity index (χ0) is 22.2. The molecule has 0 spiro atoms. The lowest BCUT2D eigenvalue weighted by molar-refractivity contribution is -0.274. The number of ether oxygens (including phenoxy) is 1. The molecule has 0 saturated carbocycles. The summed E-state index contributed by atoms with van der Waals surface area (Å²) in [4.78, 5) is 7.43. The molecule has 0 unspecified atom stereocenters. The summed E-state index contributed by atoms with van der Waals surface area (Å²) in [6.07, 6.45) is -8.17. The van der Waals surface area contributed by atoms with Crippen LogP contribution in [0.5, 0.6) is 5.75 Å². The second-order valence-electron chi connectivity index (χ2n) is 6.05. The predicted octanol–water partition coefficient (Wildman–Crippen LogP) is 4.90. The molecule has 7 nitrogen and oxygen atoms in total. The van der Waals surface area contributed by atoms with Crippen molar-refractivity contribution in [3.05, 3.63) is 60.7 Å². The van der Waals surface area contributed by atoms with Gasteiger partial charge in [0.2, 0.25) is 5.82 Å².